The first-order valence-electron chi connectivity index (χ1n) is 10.4. The van der Waals surface area contributed by atoms with Crippen molar-refractivity contribution in [2.75, 3.05) is 13.1 Å². The van der Waals surface area contributed by atoms with Crippen molar-refractivity contribution in [3.8, 4) is 0 Å². The van der Waals surface area contributed by atoms with E-state index >= 15 is 0 Å². The van der Waals surface area contributed by atoms with E-state index < -0.39 is 0 Å². The molecule has 0 bridgehead atoms. The fourth-order valence-electron chi connectivity index (χ4n) is 3.01. The smallest absolute Gasteiger partial charge is 0.0615 e. The van der Waals surface area contributed by atoms with E-state index in [-0.39, 0.29) is 0 Å². The van der Waals surface area contributed by atoms with E-state index in [0.29, 0.717) is 12.5 Å². The molecular weight excluding hydrogens is 330 g/mol. The lowest BCUT2D eigenvalue weighted by molar-refractivity contribution is 0.617. The topological polar surface area (TPSA) is 50.4 Å². The Kier molecular flexibility index (Phi) is 11.6. The van der Waals surface area contributed by atoms with Gasteiger partial charge in [-0.05, 0) is 82.2 Å². The van der Waals surface area contributed by atoms with E-state index in [1.165, 1.54) is 28.8 Å². The molecule has 0 saturated heterocycles. The van der Waals surface area contributed by atoms with Crippen molar-refractivity contribution in [1.82, 2.24) is 5.32 Å². The summed E-state index contributed by atoms with van der Waals surface area (Å²) in [6, 6.07) is 8.73. The summed E-state index contributed by atoms with van der Waals surface area (Å²) < 4.78 is 0. The van der Waals surface area contributed by atoms with Gasteiger partial charge in [0.25, 0.3) is 0 Å². The van der Waals surface area contributed by atoms with E-state index in [1.807, 2.05) is 6.08 Å². The van der Waals surface area contributed by atoms with Crippen LogP contribution in [0.1, 0.15) is 64.0 Å². The predicted molar refractivity (Wildman–Crippen MR) is 120 cm³/mol. The van der Waals surface area contributed by atoms with Crippen LogP contribution >= 0.6 is 0 Å². The Labute approximate surface area is 166 Å². The highest BCUT2D eigenvalue weighted by molar-refractivity contribution is 5.85. The van der Waals surface area contributed by atoms with Gasteiger partial charge < -0.3 is 11.1 Å². The Balaban J connectivity index is 2.43. The molecule has 1 aromatic rings. The third-order valence-electron chi connectivity index (χ3n) is 5.14. The summed E-state index contributed by atoms with van der Waals surface area (Å²) in [6.45, 7) is 15.3. The van der Waals surface area contributed by atoms with Crippen molar-refractivity contribution in [2.24, 2.45) is 16.6 Å². The number of nitrogens with zero attached hydrogens (tertiary/aromatic N) is 1. The molecule has 1 rings (SSSR count). The average molecular weight is 370 g/mol. The highest BCUT2D eigenvalue weighted by Gasteiger charge is 2.08. The first kappa shape index (κ1) is 23.3. The van der Waals surface area contributed by atoms with Crippen molar-refractivity contribution in [3.05, 3.63) is 59.3 Å². The molecule has 1 atom stereocenters. The van der Waals surface area contributed by atoms with Gasteiger partial charge in [0, 0.05) is 12.3 Å². The van der Waals surface area contributed by atoms with E-state index in [2.05, 4.69) is 63.9 Å². The van der Waals surface area contributed by atoms with Gasteiger partial charge in [0.2, 0.25) is 0 Å². The molecule has 0 unspecified atom stereocenters. The molecule has 150 valence electrons. The molecule has 3 nitrogen and oxygen atoms in total. The lowest BCUT2D eigenvalue weighted by Gasteiger charge is -2.14. The van der Waals surface area contributed by atoms with Crippen LogP contribution in [0.5, 0.6) is 0 Å². The van der Waals surface area contributed by atoms with Crippen LogP contribution < -0.4 is 11.1 Å². The van der Waals surface area contributed by atoms with Gasteiger partial charge in [-0.3, -0.25) is 4.99 Å². The predicted octanol–water partition coefficient (Wildman–Crippen LogP) is 5.55. The first-order chi connectivity index (χ1) is 13.0. The molecule has 1 aromatic carbocycles. The minimum Gasteiger partial charge on any atom is -0.330 e. The summed E-state index contributed by atoms with van der Waals surface area (Å²) in [6.07, 6.45) is 7.26. The number of unbranched alkanes of at least 4 members (excludes halogenated alkanes) is 1. The number of allylic oxidation sites excluding steroid dienone is 2. The number of aryl methyl sites for hydroxylation is 1. The zero-order valence-electron chi connectivity index (χ0n) is 17.9. The summed E-state index contributed by atoms with van der Waals surface area (Å²) in [7, 11) is 0. The molecule has 0 aliphatic rings. The molecule has 3 heteroatoms. The van der Waals surface area contributed by atoms with Crippen LogP contribution in [-0.4, -0.2) is 18.8 Å². The summed E-state index contributed by atoms with van der Waals surface area (Å²) in [5.41, 5.74) is 11.9. The van der Waals surface area contributed by atoms with Gasteiger partial charge in [-0.1, -0.05) is 50.3 Å². The van der Waals surface area contributed by atoms with E-state index in [4.69, 9.17) is 10.7 Å². The van der Waals surface area contributed by atoms with Crippen molar-refractivity contribution in [3.63, 3.8) is 0 Å². The lowest BCUT2D eigenvalue weighted by atomic mass is 9.97. The second-order valence-corrected chi connectivity index (χ2v) is 7.40. The van der Waals surface area contributed by atoms with Crippen LogP contribution in [0.25, 0.3) is 0 Å². The van der Waals surface area contributed by atoms with Gasteiger partial charge in [-0.25, -0.2) is 0 Å². The summed E-state index contributed by atoms with van der Waals surface area (Å²) >= 11 is 0. The minimum atomic E-state index is 0.454. The summed E-state index contributed by atoms with van der Waals surface area (Å²) in [5.74, 6) is 0.454. The quantitative estimate of drug-likeness (QED) is 0.272. The Morgan fingerprint density at radius 1 is 1.26 bits per heavy atom. The molecule has 0 spiro atoms. The highest BCUT2D eigenvalue weighted by Crippen LogP contribution is 2.20. The van der Waals surface area contributed by atoms with Crippen molar-refractivity contribution in [1.29, 1.82) is 0 Å². The normalized spacial score (nSPS) is 14.0. The van der Waals surface area contributed by atoms with Crippen molar-refractivity contribution >= 4 is 5.71 Å². The molecule has 0 amide bonds. The maximum Gasteiger partial charge on any atom is 0.0615 e. The van der Waals surface area contributed by atoms with Gasteiger partial charge in [0.05, 0.1) is 5.70 Å². The number of benzene rings is 1. The SMILES string of the molecule is C=C/C(N=C(CC)CCCCNCc1ccc(C)cc1)=C(/C)[C@H](C)CCN. The molecule has 27 heavy (non-hydrogen) atoms. The van der Waals surface area contributed by atoms with Crippen molar-refractivity contribution < 1.29 is 0 Å². The molecular formula is C24H39N3. The Bertz CT molecular complexity index is 611. The van der Waals surface area contributed by atoms with Gasteiger partial charge in [0.1, 0.15) is 0 Å². The number of hydrogen-bond acceptors (Lipinski definition) is 3. The van der Waals surface area contributed by atoms with Crippen LogP contribution in [0.3, 0.4) is 0 Å². The van der Waals surface area contributed by atoms with Gasteiger partial charge in [0.15, 0.2) is 0 Å². The fraction of sp³-hybridized carbons (Fsp3) is 0.542. The Morgan fingerprint density at radius 3 is 2.56 bits per heavy atom. The molecule has 0 saturated carbocycles. The molecule has 0 radical (unpaired) electrons. The Hall–Kier alpha value is -1.71. The average Bonchev–Trinajstić information content (AvgIpc) is 2.68. The number of hydrogen-bond donors (Lipinski definition) is 2. The van der Waals surface area contributed by atoms with Gasteiger partial charge >= 0.3 is 0 Å². The lowest BCUT2D eigenvalue weighted by Crippen LogP contribution is -2.15. The first-order valence-corrected chi connectivity index (χ1v) is 10.4. The second kappa shape index (κ2) is 13.5. The highest BCUT2D eigenvalue weighted by atomic mass is 14.8. The zero-order chi connectivity index (χ0) is 20.1. The molecule has 0 heterocycles. The molecule has 3 N–H and O–H groups in total. The largest absolute Gasteiger partial charge is 0.330 e. The van der Waals surface area contributed by atoms with Gasteiger partial charge in [-0.15, -0.1) is 0 Å². The van der Waals surface area contributed by atoms with Crippen LogP contribution in [0.4, 0.5) is 0 Å². The minimum absolute atomic E-state index is 0.454. The van der Waals surface area contributed by atoms with Crippen LogP contribution in [-0.2, 0) is 6.54 Å². The molecule has 0 aromatic heterocycles. The van der Waals surface area contributed by atoms with Crippen LogP contribution in [0.2, 0.25) is 0 Å². The molecule has 0 aliphatic carbocycles. The zero-order valence-corrected chi connectivity index (χ0v) is 17.9. The standard InChI is InChI=1S/C24H39N3/c1-6-23(27-24(7-2)21(5)20(4)15-16-25)10-8-9-17-26-18-22-13-11-19(3)12-14-22/h7,11-14,20,26H,2,6,8-10,15-18,25H2,1,3-5H3/b24-21+,27-23?/t20-/m1/s1. The van der Waals surface area contributed by atoms with E-state index in [1.54, 1.807) is 0 Å². The van der Waals surface area contributed by atoms with Gasteiger partial charge in [-0.2, -0.15) is 0 Å². The maximum absolute atomic E-state index is 5.70. The second-order valence-electron chi connectivity index (χ2n) is 7.40. The van der Waals surface area contributed by atoms with Crippen LogP contribution in [0.15, 0.2) is 53.2 Å². The number of nitrogens with two attached hydrogens (primary N) is 1. The maximum atomic E-state index is 5.70. The number of rotatable bonds is 13. The fourth-order valence-corrected chi connectivity index (χ4v) is 3.01. The molecule has 0 fully saturated rings. The number of nitrogens with one attached hydrogen (secondary N) is 1. The van der Waals surface area contributed by atoms with Crippen LogP contribution in [0, 0.1) is 12.8 Å². The Morgan fingerprint density at radius 2 is 1.96 bits per heavy atom. The third kappa shape index (κ3) is 9.16. The monoisotopic (exact) mass is 369 g/mol. The molecule has 0 aliphatic heterocycles. The summed E-state index contributed by atoms with van der Waals surface area (Å²) in [4.78, 5) is 4.91. The van der Waals surface area contributed by atoms with E-state index in [0.717, 1.165) is 44.5 Å². The van der Waals surface area contributed by atoms with Crippen molar-refractivity contribution in [2.45, 2.75) is 66.3 Å². The third-order valence-corrected chi connectivity index (χ3v) is 5.14. The number of aliphatic imine (C=N–C) groups is 1. The summed E-state index contributed by atoms with van der Waals surface area (Å²) in [5, 5.41) is 3.53. The van der Waals surface area contributed by atoms with E-state index in [9.17, 15) is 0 Å².